The fraction of sp³-hybridized carbons (Fsp3) is 0.444. The van der Waals surface area contributed by atoms with Crippen LogP contribution in [-0.2, 0) is 35.6 Å². The standard InChI is InChI=1S/C27H33N5O3/c1-34-23-10-8-21(9-11-23)26-18-32-25(19-35-26)24(29-30-32)17-31-15-13-22(14-16-31)28-27(33)12-7-20-5-3-2-4-6-20/h2-6,8-11,22,26H,7,12-19H2,1H3,(H,28,33)/t26-/m1/s1. The van der Waals surface area contributed by atoms with Crippen molar-refractivity contribution in [3.05, 3.63) is 77.1 Å². The number of carbonyl (C=O) groups is 1. The van der Waals surface area contributed by atoms with E-state index in [1.54, 1.807) is 7.11 Å². The number of likely N-dealkylation sites (tertiary alicyclic amines) is 1. The number of amides is 1. The Morgan fingerprint density at radius 3 is 2.63 bits per heavy atom. The predicted molar refractivity (Wildman–Crippen MR) is 132 cm³/mol. The molecule has 0 radical (unpaired) electrons. The quantitative estimate of drug-likeness (QED) is 0.539. The Morgan fingerprint density at radius 2 is 1.89 bits per heavy atom. The zero-order chi connectivity index (χ0) is 24.0. The number of fused-ring (bicyclic) bond motifs is 1. The van der Waals surface area contributed by atoms with Crippen molar-refractivity contribution in [1.29, 1.82) is 0 Å². The number of nitrogens with zero attached hydrogens (tertiary/aromatic N) is 4. The van der Waals surface area contributed by atoms with Gasteiger partial charge in [-0.2, -0.15) is 0 Å². The minimum Gasteiger partial charge on any atom is -0.497 e. The number of nitrogens with one attached hydrogen (secondary N) is 1. The van der Waals surface area contributed by atoms with Crippen LogP contribution in [0.15, 0.2) is 54.6 Å². The van der Waals surface area contributed by atoms with Crippen molar-refractivity contribution < 1.29 is 14.3 Å². The van der Waals surface area contributed by atoms with Crippen molar-refractivity contribution in [2.75, 3.05) is 20.2 Å². The number of aromatic nitrogens is 3. The minimum atomic E-state index is -0.0378. The van der Waals surface area contributed by atoms with Crippen molar-refractivity contribution in [1.82, 2.24) is 25.2 Å². The Labute approximate surface area is 206 Å². The first kappa shape index (κ1) is 23.5. The molecule has 2 aliphatic rings. The summed E-state index contributed by atoms with van der Waals surface area (Å²) >= 11 is 0. The first-order valence-corrected chi connectivity index (χ1v) is 12.4. The first-order valence-electron chi connectivity index (χ1n) is 12.4. The number of carbonyl (C=O) groups excluding carboxylic acids is 1. The molecule has 35 heavy (non-hydrogen) atoms. The second kappa shape index (κ2) is 11.0. The molecule has 0 saturated carbocycles. The van der Waals surface area contributed by atoms with E-state index in [4.69, 9.17) is 9.47 Å². The largest absolute Gasteiger partial charge is 0.497 e. The lowest BCUT2D eigenvalue weighted by molar-refractivity contribution is -0.122. The van der Waals surface area contributed by atoms with E-state index >= 15 is 0 Å². The summed E-state index contributed by atoms with van der Waals surface area (Å²) < 4.78 is 13.4. The van der Waals surface area contributed by atoms with Gasteiger partial charge in [0.15, 0.2) is 0 Å². The summed E-state index contributed by atoms with van der Waals surface area (Å²) in [5, 5.41) is 12.1. The molecule has 0 aliphatic carbocycles. The molecule has 184 valence electrons. The Bertz CT molecular complexity index is 1110. The highest BCUT2D eigenvalue weighted by Gasteiger charge is 2.27. The summed E-state index contributed by atoms with van der Waals surface area (Å²) in [6.45, 7) is 3.80. The number of aryl methyl sites for hydroxylation is 1. The number of rotatable bonds is 8. The molecule has 1 N–H and O–H groups in total. The summed E-state index contributed by atoms with van der Waals surface area (Å²) in [6.07, 6.45) is 3.19. The maximum atomic E-state index is 12.4. The third kappa shape index (κ3) is 5.89. The predicted octanol–water partition coefficient (Wildman–Crippen LogP) is 3.27. The molecular weight excluding hydrogens is 442 g/mol. The van der Waals surface area contributed by atoms with Gasteiger partial charge in [-0.15, -0.1) is 5.10 Å². The molecule has 0 bridgehead atoms. The second-order valence-electron chi connectivity index (χ2n) is 9.34. The summed E-state index contributed by atoms with van der Waals surface area (Å²) in [7, 11) is 1.67. The van der Waals surface area contributed by atoms with Gasteiger partial charge in [0, 0.05) is 32.1 Å². The van der Waals surface area contributed by atoms with Crippen molar-refractivity contribution in [2.45, 2.75) is 57.5 Å². The molecule has 1 atom stereocenters. The zero-order valence-corrected chi connectivity index (χ0v) is 20.2. The molecule has 0 unspecified atom stereocenters. The minimum absolute atomic E-state index is 0.0378. The molecular formula is C27H33N5O3. The maximum absolute atomic E-state index is 12.4. The van der Waals surface area contributed by atoms with Crippen molar-refractivity contribution in [3.8, 4) is 5.75 Å². The van der Waals surface area contributed by atoms with E-state index in [9.17, 15) is 4.79 Å². The van der Waals surface area contributed by atoms with Gasteiger partial charge in [-0.25, -0.2) is 4.68 Å². The molecule has 2 aliphatic heterocycles. The molecule has 0 spiro atoms. The Morgan fingerprint density at radius 1 is 1.11 bits per heavy atom. The Balaban J connectivity index is 1.08. The fourth-order valence-electron chi connectivity index (χ4n) is 4.86. The van der Waals surface area contributed by atoms with Gasteiger partial charge in [-0.05, 0) is 42.5 Å². The van der Waals surface area contributed by atoms with Crippen LogP contribution in [0, 0.1) is 0 Å². The van der Waals surface area contributed by atoms with Crippen molar-refractivity contribution in [3.63, 3.8) is 0 Å². The molecule has 3 heterocycles. The summed E-state index contributed by atoms with van der Waals surface area (Å²) in [5.41, 5.74) is 4.37. The van der Waals surface area contributed by atoms with Gasteiger partial charge in [0.05, 0.1) is 26.0 Å². The fourth-order valence-corrected chi connectivity index (χ4v) is 4.86. The van der Waals surface area contributed by atoms with E-state index in [0.29, 0.717) is 19.6 Å². The normalized spacial score (nSPS) is 18.7. The third-order valence-electron chi connectivity index (χ3n) is 6.98. The highest BCUT2D eigenvalue weighted by molar-refractivity contribution is 5.76. The van der Waals surface area contributed by atoms with E-state index in [-0.39, 0.29) is 18.1 Å². The van der Waals surface area contributed by atoms with Gasteiger partial charge < -0.3 is 14.8 Å². The van der Waals surface area contributed by atoms with Gasteiger partial charge in [-0.3, -0.25) is 9.69 Å². The number of ether oxygens (including phenoxy) is 2. The van der Waals surface area contributed by atoms with Crippen LogP contribution in [0.3, 0.4) is 0 Å². The lowest BCUT2D eigenvalue weighted by Crippen LogP contribution is -2.44. The van der Waals surface area contributed by atoms with Crippen LogP contribution in [0.4, 0.5) is 0 Å². The molecule has 3 aromatic rings. The molecule has 8 nitrogen and oxygen atoms in total. The Kier molecular flexibility index (Phi) is 7.39. The van der Waals surface area contributed by atoms with Crippen LogP contribution in [0.2, 0.25) is 0 Å². The number of piperidine rings is 1. The summed E-state index contributed by atoms with van der Waals surface area (Å²) in [5.74, 6) is 0.979. The monoisotopic (exact) mass is 475 g/mol. The van der Waals surface area contributed by atoms with Crippen molar-refractivity contribution >= 4 is 5.91 Å². The maximum Gasteiger partial charge on any atom is 0.220 e. The number of benzene rings is 2. The van der Waals surface area contributed by atoms with Crippen LogP contribution >= 0.6 is 0 Å². The molecule has 1 fully saturated rings. The van der Waals surface area contributed by atoms with E-state index in [1.165, 1.54) is 5.56 Å². The Hall–Kier alpha value is -3.23. The molecule has 1 saturated heterocycles. The van der Waals surface area contributed by atoms with Gasteiger partial charge >= 0.3 is 0 Å². The molecule has 8 heteroatoms. The second-order valence-corrected chi connectivity index (χ2v) is 9.34. The average molecular weight is 476 g/mol. The molecule has 1 amide bonds. The average Bonchev–Trinajstić information content (AvgIpc) is 3.31. The van der Waals surface area contributed by atoms with Crippen LogP contribution in [-0.4, -0.2) is 52.0 Å². The van der Waals surface area contributed by atoms with Crippen LogP contribution in [0.25, 0.3) is 0 Å². The van der Waals surface area contributed by atoms with Crippen LogP contribution in [0.5, 0.6) is 5.75 Å². The van der Waals surface area contributed by atoms with Gasteiger partial charge in [-0.1, -0.05) is 47.7 Å². The summed E-state index contributed by atoms with van der Waals surface area (Å²) in [4.78, 5) is 14.8. The topological polar surface area (TPSA) is 81.5 Å². The van der Waals surface area contributed by atoms with E-state index < -0.39 is 0 Å². The number of methoxy groups -OCH3 is 1. The number of hydrogen-bond acceptors (Lipinski definition) is 6. The lowest BCUT2D eigenvalue weighted by Gasteiger charge is -2.32. The van der Waals surface area contributed by atoms with Crippen LogP contribution in [0.1, 0.15) is 47.9 Å². The SMILES string of the molecule is COc1ccc([C@H]2Cn3nnc(CN4CCC(NC(=O)CCc5ccccc5)CC4)c3CO2)cc1. The van der Waals surface area contributed by atoms with Crippen LogP contribution < -0.4 is 10.1 Å². The van der Waals surface area contributed by atoms with Gasteiger partial charge in [0.1, 0.15) is 17.5 Å². The van der Waals surface area contributed by atoms with E-state index in [0.717, 1.165) is 61.6 Å². The summed E-state index contributed by atoms with van der Waals surface area (Å²) in [6, 6.07) is 18.4. The van der Waals surface area contributed by atoms with Gasteiger partial charge in [0.2, 0.25) is 5.91 Å². The highest BCUT2D eigenvalue weighted by Crippen LogP contribution is 2.28. The molecule has 1 aromatic heterocycles. The van der Waals surface area contributed by atoms with E-state index in [2.05, 4.69) is 32.7 Å². The number of hydrogen-bond donors (Lipinski definition) is 1. The third-order valence-corrected chi connectivity index (χ3v) is 6.98. The lowest BCUT2D eigenvalue weighted by atomic mass is 10.0. The van der Waals surface area contributed by atoms with Crippen molar-refractivity contribution in [2.24, 2.45) is 0 Å². The van der Waals surface area contributed by atoms with E-state index in [1.807, 2.05) is 47.1 Å². The zero-order valence-electron chi connectivity index (χ0n) is 20.2. The molecule has 5 rings (SSSR count). The molecule has 2 aromatic carbocycles. The smallest absolute Gasteiger partial charge is 0.220 e. The highest BCUT2D eigenvalue weighted by atomic mass is 16.5. The first-order chi connectivity index (χ1) is 17.2. The van der Waals surface area contributed by atoms with Gasteiger partial charge in [0.25, 0.3) is 0 Å².